The van der Waals surface area contributed by atoms with Crippen LogP contribution in [0.3, 0.4) is 0 Å². The van der Waals surface area contributed by atoms with E-state index in [1.54, 1.807) is 0 Å². The zero-order valence-corrected chi connectivity index (χ0v) is 4.99. The zero-order chi connectivity index (χ0) is 5.41. The maximum Gasteiger partial charge on any atom is 0.178 e. The van der Waals surface area contributed by atoms with E-state index >= 15 is 0 Å². The summed E-state index contributed by atoms with van der Waals surface area (Å²) in [6, 6.07) is 0. The first-order valence-electron chi connectivity index (χ1n) is 2.49. The van der Waals surface area contributed by atoms with E-state index in [0.29, 0.717) is 0 Å². The highest BCUT2D eigenvalue weighted by molar-refractivity contribution is 6.02. The van der Waals surface area contributed by atoms with Crippen LogP contribution in [0.4, 0.5) is 0 Å². The van der Waals surface area contributed by atoms with E-state index in [2.05, 4.69) is 19.5 Å². The molecular formula is C4H14BN. The van der Waals surface area contributed by atoms with Gasteiger partial charge in [0.05, 0.1) is 0 Å². The molecule has 0 aromatic heterocycles. The molecule has 0 aliphatic heterocycles. The maximum atomic E-state index is 4.50. The van der Waals surface area contributed by atoms with Crippen LogP contribution in [0.2, 0.25) is 0 Å². The number of hydrogen-bond donors (Lipinski definition) is 1. The molecule has 0 saturated carbocycles. The van der Waals surface area contributed by atoms with Gasteiger partial charge in [0.25, 0.3) is 0 Å². The van der Waals surface area contributed by atoms with Gasteiger partial charge in [-0.25, -0.2) is 0 Å². The van der Waals surface area contributed by atoms with Gasteiger partial charge in [0, 0.05) is 0 Å². The third-order valence-corrected chi connectivity index (χ3v) is 0.500. The standard InChI is InChI=1S/C4H10.BH4N/c1-3-4-2;1-2/h3-4H2,1-2H3;1-2H2. The first-order valence-corrected chi connectivity index (χ1v) is 2.49. The monoisotopic (exact) mass is 87.1 g/mol. The molecule has 0 heterocycles. The highest BCUT2D eigenvalue weighted by Crippen LogP contribution is 1.76. The summed E-state index contributed by atoms with van der Waals surface area (Å²) in [4.78, 5) is 0. The van der Waals surface area contributed by atoms with Gasteiger partial charge >= 0.3 is 0 Å². The lowest BCUT2D eigenvalue weighted by Gasteiger charge is -1.68. The molecule has 0 radical (unpaired) electrons. The van der Waals surface area contributed by atoms with E-state index in [-0.39, 0.29) is 0 Å². The molecule has 1 nitrogen and oxygen atoms in total. The molecular weight excluding hydrogens is 72.9 g/mol. The van der Waals surface area contributed by atoms with Crippen LogP contribution in [0, 0.1) is 0 Å². The Morgan fingerprint density at radius 2 is 1.33 bits per heavy atom. The third kappa shape index (κ3) is 35.1. The van der Waals surface area contributed by atoms with Crippen LogP contribution in [-0.2, 0) is 0 Å². The molecule has 0 fully saturated rings. The average molecular weight is 87.0 g/mol. The Morgan fingerprint density at radius 1 is 1.17 bits per heavy atom. The summed E-state index contributed by atoms with van der Waals surface area (Å²) in [7, 11) is 1.50. The summed E-state index contributed by atoms with van der Waals surface area (Å²) in [5.41, 5.74) is 4.50. The Balaban J connectivity index is 0. The van der Waals surface area contributed by atoms with E-state index in [1.165, 1.54) is 20.8 Å². The van der Waals surface area contributed by atoms with Gasteiger partial charge in [-0.15, -0.1) is 0 Å². The Kier molecular flexibility index (Phi) is 31.1. The minimum Gasteiger partial charge on any atom is -0.376 e. The molecule has 2 heteroatoms. The normalized spacial score (nSPS) is 5.83. The fourth-order valence-corrected chi connectivity index (χ4v) is 0. The summed E-state index contributed by atoms with van der Waals surface area (Å²) >= 11 is 0. The van der Waals surface area contributed by atoms with Gasteiger partial charge in [0.2, 0.25) is 0 Å². The van der Waals surface area contributed by atoms with Crippen molar-refractivity contribution >= 4 is 7.98 Å². The molecule has 0 spiro atoms. The Bertz CT molecular complexity index is 9.51. The molecule has 0 saturated heterocycles. The van der Waals surface area contributed by atoms with Crippen molar-refractivity contribution in [2.24, 2.45) is 5.64 Å². The molecule has 0 aromatic carbocycles. The summed E-state index contributed by atoms with van der Waals surface area (Å²) in [6.45, 7) is 4.36. The van der Waals surface area contributed by atoms with E-state index < -0.39 is 0 Å². The van der Waals surface area contributed by atoms with E-state index in [9.17, 15) is 0 Å². The predicted octanol–water partition coefficient (Wildman–Crippen LogP) is 0.300. The largest absolute Gasteiger partial charge is 0.376 e. The van der Waals surface area contributed by atoms with E-state index in [0.717, 1.165) is 0 Å². The summed E-state index contributed by atoms with van der Waals surface area (Å²) in [5.74, 6) is 0. The average Bonchev–Trinajstić information content (AvgIpc) is 1.72. The number of nitrogens with two attached hydrogens (primary N) is 1. The molecule has 0 aromatic rings. The van der Waals surface area contributed by atoms with Crippen molar-refractivity contribution in [1.29, 1.82) is 0 Å². The second-order valence-corrected chi connectivity index (χ2v) is 1.000. The predicted molar refractivity (Wildman–Crippen MR) is 33.3 cm³/mol. The lowest BCUT2D eigenvalue weighted by molar-refractivity contribution is 0.886. The highest BCUT2D eigenvalue weighted by Gasteiger charge is 1.56. The second kappa shape index (κ2) is 19.9. The van der Waals surface area contributed by atoms with Crippen LogP contribution in [-0.4, -0.2) is 7.98 Å². The quantitative estimate of drug-likeness (QED) is 0.457. The lowest BCUT2D eigenvalue weighted by Crippen LogP contribution is -1.75. The van der Waals surface area contributed by atoms with Crippen molar-refractivity contribution in [3.63, 3.8) is 0 Å². The Labute approximate surface area is 41.4 Å². The van der Waals surface area contributed by atoms with Crippen molar-refractivity contribution in [2.45, 2.75) is 26.7 Å². The molecule has 0 amide bonds. The molecule has 0 aliphatic rings. The summed E-state index contributed by atoms with van der Waals surface area (Å²) in [6.07, 6.45) is 2.64. The van der Waals surface area contributed by atoms with Crippen LogP contribution in [0.15, 0.2) is 0 Å². The van der Waals surface area contributed by atoms with Gasteiger partial charge in [-0.2, -0.15) is 0 Å². The van der Waals surface area contributed by atoms with Crippen LogP contribution in [0.25, 0.3) is 0 Å². The van der Waals surface area contributed by atoms with E-state index in [4.69, 9.17) is 0 Å². The van der Waals surface area contributed by atoms with Gasteiger partial charge in [-0.1, -0.05) is 26.7 Å². The van der Waals surface area contributed by atoms with Gasteiger partial charge in [0.1, 0.15) is 0 Å². The molecule has 38 valence electrons. The third-order valence-electron chi connectivity index (χ3n) is 0.500. The molecule has 0 unspecified atom stereocenters. The van der Waals surface area contributed by atoms with Crippen molar-refractivity contribution in [1.82, 2.24) is 0 Å². The highest BCUT2D eigenvalue weighted by atomic mass is 14.3. The van der Waals surface area contributed by atoms with Gasteiger partial charge in [0.15, 0.2) is 7.98 Å². The lowest BCUT2D eigenvalue weighted by atomic mass is 10.4. The minimum atomic E-state index is 1.32. The topological polar surface area (TPSA) is 26.0 Å². The van der Waals surface area contributed by atoms with Crippen LogP contribution in [0.5, 0.6) is 0 Å². The SMILES string of the molecule is BN.CCCC. The Hall–Kier alpha value is 0.0249. The maximum absolute atomic E-state index is 4.50. The zero-order valence-electron chi connectivity index (χ0n) is 4.99. The van der Waals surface area contributed by atoms with Crippen LogP contribution < -0.4 is 5.64 Å². The van der Waals surface area contributed by atoms with Gasteiger partial charge in [-0.3, -0.25) is 0 Å². The number of hydrogen-bond acceptors (Lipinski definition) is 1. The van der Waals surface area contributed by atoms with Crippen LogP contribution >= 0.6 is 0 Å². The molecule has 0 atom stereocenters. The smallest absolute Gasteiger partial charge is 0.178 e. The summed E-state index contributed by atoms with van der Waals surface area (Å²) < 4.78 is 0. The first kappa shape index (κ1) is 9.39. The van der Waals surface area contributed by atoms with Crippen molar-refractivity contribution in [3.05, 3.63) is 0 Å². The van der Waals surface area contributed by atoms with Gasteiger partial charge < -0.3 is 5.64 Å². The second-order valence-electron chi connectivity index (χ2n) is 1.000. The minimum absolute atomic E-state index is 1.32. The van der Waals surface area contributed by atoms with Gasteiger partial charge in [-0.05, 0) is 0 Å². The first-order chi connectivity index (χ1) is 2.91. The summed E-state index contributed by atoms with van der Waals surface area (Å²) in [5, 5.41) is 0. The molecule has 0 bridgehead atoms. The van der Waals surface area contributed by atoms with Crippen molar-refractivity contribution in [2.75, 3.05) is 0 Å². The fraction of sp³-hybridized carbons (Fsp3) is 1.00. The van der Waals surface area contributed by atoms with Crippen LogP contribution in [0.1, 0.15) is 26.7 Å². The van der Waals surface area contributed by atoms with Crippen molar-refractivity contribution in [3.8, 4) is 0 Å². The van der Waals surface area contributed by atoms with E-state index in [1.807, 2.05) is 0 Å². The molecule has 0 aliphatic carbocycles. The molecule has 6 heavy (non-hydrogen) atoms. The molecule has 0 rings (SSSR count). The number of rotatable bonds is 1. The van der Waals surface area contributed by atoms with Crippen molar-refractivity contribution < 1.29 is 0 Å². The number of unbranched alkanes of at least 4 members (excludes halogenated alkanes) is 1. The Morgan fingerprint density at radius 3 is 1.33 bits per heavy atom. The fourth-order valence-electron chi connectivity index (χ4n) is 0. The molecule has 2 N–H and O–H groups in total.